The maximum atomic E-state index is 10.7. The van der Waals surface area contributed by atoms with E-state index in [4.69, 9.17) is 4.74 Å². The molecule has 4 heteroatoms. The fourth-order valence-corrected chi connectivity index (χ4v) is 1.66. The molecule has 94 valence electrons. The zero-order valence-corrected chi connectivity index (χ0v) is 13.6. The third kappa shape index (κ3) is 4.39. The first-order valence-electron chi connectivity index (χ1n) is 5.80. The summed E-state index contributed by atoms with van der Waals surface area (Å²) in [6.07, 6.45) is 7.57. The molecule has 0 saturated carbocycles. The zero-order valence-electron chi connectivity index (χ0n) is 11.6. The second kappa shape index (κ2) is 7.29. The van der Waals surface area contributed by atoms with E-state index < -0.39 is 17.7 Å². The van der Waals surface area contributed by atoms with Gasteiger partial charge in [0.15, 0.2) is 0 Å². The van der Waals surface area contributed by atoms with E-state index in [9.17, 15) is 9.90 Å². The van der Waals surface area contributed by atoms with Crippen molar-refractivity contribution < 1.29 is 44.2 Å². The summed E-state index contributed by atoms with van der Waals surface area (Å²) < 4.78 is 5.16. The van der Waals surface area contributed by atoms with Gasteiger partial charge >= 0.3 is 29.6 Å². The summed E-state index contributed by atoms with van der Waals surface area (Å²) in [7, 11) is 0. The van der Waals surface area contributed by atoms with Crippen molar-refractivity contribution in [1.82, 2.24) is 0 Å². The molecule has 0 spiro atoms. The van der Waals surface area contributed by atoms with Crippen LogP contribution >= 0.6 is 0 Å². The van der Waals surface area contributed by atoms with Crippen molar-refractivity contribution in [3.05, 3.63) is 36.5 Å². The molecule has 1 fully saturated rings. The predicted molar refractivity (Wildman–Crippen MR) is 65.2 cm³/mol. The molecule has 3 nitrogen and oxygen atoms in total. The molecule has 1 aliphatic heterocycles. The fraction of sp³-hybridized carbons (Fsp3) is 0.500. The maximum absolute atomic E-state index is 10.7. The molecule has 0 aliphatic carbocycles. The third-order valence-corrected chi connectivity index (χ3v) is 2.83. The van der Waals surface area contributed by atoms with Crippen molar-refractivity contribution in [2.45, 2.75) is 38.9 Å². The quantitative estimate of drug-likeness (QED) is 0.335. The second-order valence-electron chi connectivity index (χ2n) is 4.81. The summed E-state index contributed by atoms with van der Waals surface area (Å²) >= 11 is 0. The average molecular weight is 258 g/mol. The summed E-state index contributed by atoms with van der Waals surface area (Å²) in [5.41, 5.74) is -0.00495. The number of carboxylic acid groups (broad SMARTS) is 1. The number of carbonyl (C=O) groups excluding carboxylic acids is 1. The van der Waals surface area contributed by atoms with Crippen molar-refractivity contribution >= 4 is 5.97 Å². The van der Waals surface area contributed by atoms with Gasteiger partial charge in [0.1, 0.15) is 11.7 Å². The van der Waals surface area contributed by atoms with Gasteiger partial charge < -0.3 is 14.6 Å². The van der Waals surface area contributed by atoms with Gasteiger partial charge in [0.05, 0.1) is 5.97 Å². The topological polar surface area (TPSA) is 52.7 Å². The van der Waals surface area contributed by atoms with Gasteiger partial charge in [0.2, 0.25) is 0 Å². The summed E-state index contributed by atoms with van der Waals surface area (Å²) in [6, 6.07) is 0. The van der Waals surface area contributed by atoms with Crippen LogP contribution < -0.4 is 34.7 Å². The normalized spacial score (nSPS) is 27.1. The molecular weight excluding hydrogens is 239 g/mol. The molecule has 0 amide bonds. The van der Waals surface area contributed by atoms with Gasteiger partial charge in [-0.1, -0.05) is 44.7 Å². The molecule has 0 bridgehead atoms. The average Bonchev–Trinajstić information content (AvgIpc) is 2.91. The maximum Gasteiger partial charge on any atom is 1.00 e. The van der Waals surface area contributed by atoms with Crippen molar-refractivity contribution in [3.63, 3.8) is 0 Å². The molecule has 1 aliphatic rings. The van der Waals surface area contributed by atoms with E-state index in [0.717, 1.165) is 12.0 Å². The first-order valence-corrected chi connectivity index (χ1v) is 5.80. The van der Waals surface area contributed by atoms with Crippen LogP contribution in [0.4, 0.5) is 0 Å². The molecule has 1 saturated heterocycles. The first kappa shape index (κ1) is 17.6. The van der Waals surface area contributed by atoms with E-state index in [1.807, 2.05) is 18.2 Å². The van der Waals surface area contributed by atoms with Crippen LogP contribution in [-0.4, -0.2) is 17.7 Å². The van der Waals surface area contributed by atoms with Crippen LogP contribution in [0.15, 0.2) is 36.5 Å². The van der Waals surface area contributed by atoms with Crippen LogP contribution in [0.2, 0.25) is 0 Å². The van der Waals surface area contributed by atoms with Crippen molar-refractivity contribution in [2.24, 2.45) is 5.92 Å². The monoisotopic (exact) mass is 258 g/mol. The molecule has 2 atom stereocenters. The minimum atomic E-state index is -1.17. The van der Waals surface area contributed by atoms with Crippen LogP contribution in [0.1, 0.15) is 27.2 Å². The van der Waals surface area contributed by atoms with Gasteiger partial charge in [0.25, 0.3) is 0 Å². The Kier molecular flexibility index (Phi) is 7.15. The van der Waals surface area contributed by atoms with Gasteiger partial charge in [-0.05, 0) is 24.8 Å². The number of carboxylic acids is 1. The largest absolute Gasteiger partial charge is 1.00 e. The van der Waals surface area contributed by atoms with E-state index in [-0.39, 0.29) is 29.6 Å². The van der Waals surface area contributed by atoms with Crippen LogP contribution in [-0.2, 0) is 9.53 Å². The van der Waals surface area contributed by atoms with E-state index >= 15 is 0 Å². The van der Waals surface area contributed by atoms with Gasteiger partial charge in [-0.3, -0.25) is 0 Å². The molecule has 0 aromatic carbocycles. The minimum Gasteiger partial charge on any atom is -0.547 e. The van der Waals surface area contributed by atoms with Crippen molar-refractivity contribution in [2.75, 3.05) is 0 Å². The number of rotatable bonds is 6. The number of aliphatic carboxylic acids is 1. The number of epoxide rings is 1. The molecule has 1 heterocycles. The molecule has 1 rings (SSSR count). The van der Waals surface area contributed by atoms with Gasteiger partial charge in [-0.15, -0.1) is 0 Å². The molecule has 0 aromatic heterocycles. The van der Waals surface area contributed by atoms with E-state index in [2.05, 4.69) is 20.4 Å². The van der Waals surface area contributed by atoms with Crippen LogP contribution in [0, 0.1) is 5.92 Å². The SMILES string of the molecule is C=C/C(=C\C=C\CC(C)C)C1(C)OC1C(=O)[O-].[Na+]. The molecule has 0 aromatic rings. The summed E-state index contributed by atoms with van der Waals surface area (Å²) in [6.45, 7) is 9.69. The Bertz CT molecular complexity index is 371. The summed E-state index contributed by atoms with van der Waals surface area (Å²) in [5.74, 6) is -0.568. The molecule has 2 unspecified atom stereocenters. The van der Waals surface area contributed by atoms with Crippen LogP contribution in [0.3, 0.4) is 0 Å². The number of carbonyl (C=O) groups is 1. The Balaban J connectivity index is 0.00000289. The predicted octanol–water partition coefficient (Wildman–Crippen LogP) is -1.39. The molecule has 18 heavy (non-hydrogen) atoms. The Hall–Kier alpha value is -0.350. The van der Waals surface area contributed by atoms with Gasteiger partial charge in [0, 0.05) is 0 Å². The second-order valence-corrected chi connectivity index (χ2v) is 4.81. The Morgan fingerprint density at radius 3 is 2.56 bits per heavy atom. The van der Waals surface area contributed by atoms with Gasteiger partial charge in [-0.2, -0.15) is 0 Å². The standard InChI is InChI=1S/C14H20O3.Na/c1-5-11(9-7-6-8-10(2)3)14(4)12(17-14)13(15)16;/h5-7,9-10,12H,1,8H2,2-4H3,(H,15,16);/q;+1/p-1/b7-6+,11-9+;. The third-order valence-electron chi connectivity index (χ3n) is 2.83. The zero-order chi connectivity index (χ0) is 13.1. The number of allylic oxidation sites excluding steroid dienone is 3. The summed E-state index contributed by atoms with van der Waals surface area (Å²) in [5, 5.41) is 10.7. The smallest absolute Gasteiger partial charge is 0.547 e. The Labute approximate surface area is 131 Å². The van der Waals surface area contributed by atoms with Crippen molar-refractivity contribution in [1.29, 1.82) is 0 Å². The van der Waals surface area contributed by atoms with E-state index in [1.54, 1.807) is 13.0 Å². The molecule has 0 N–H and O–H groups in total. The van der Waals surface area contributed by atoms with Crippen LogP contribution in [0.25, 0.3) is 0 Å². The fourth-order valence-electron chi connectivity index (χ4n) is 1.66. The Morgan fingerprint density at radius 2 is 2.17 bits per heavy atom. The van der Waals surface area contributed by atoms with Gasteiger partial charge in [-0.25, -0.2) is 0 Å². The number of hydrogen-bond acceptors (Lipinski definition) is 3. The van der Waals surface area contributed by atoms with E-state index in [1.165, 1.54) is 0 Å². The molecular formula is C14H19NaO3. The number of ether oxygens (including phenoxy) is 1. The Morgan fingerprint density at radius 1 is 1.56 bits per heavy atom. The first-order chi connectivity index (χ1) is 7.91. The van der Waals surface area contributed by atoms with E-state index in [0.29, 0.717) is 5.92 Å². The van der Waals surface area contributed by atoms with Crippen molar-refractivity contribution in [3.8, 4) is 0 Å². The van der Waals surface area contributed by atoms with Crippen LogP contribution in [0.5, 0.6) is 0 Å². The minimum absolute atomic E-state index is 0. The molecule has 0 radical (unpaired) electrons. The summed E-state index contributed by atoms with van der Waals surface area (Å²) in [4.78, 5) is 10.7. The number of hydrogen-bond donors (Lipinski definition) is 0.